The lowest BCUT2D eigenvalue weighted by atomic mass is 10.1. The summed E-state index contributed by atoms with van der Waals surface area (Å²) in [6.07, 6.45) is 4.81. The maximum absolute atomic E-state index is 11.0. The van der Waals surface area contributed by atoms with Crippen molar-refractivity contribution in [3.63, 3.8) is 0 Å². The van der Waals surface area contributed by atoms with E-state index in [-0.39, 0.29) is 11.9 Å². The van der Waals surface area contributed by atoms with Crippen LogP contribution in [0.2, 0.25) is 0 Å². The summed E-state index contributed by atoms with van der Waals surface area (Å²) in [4.78, 5) is 11.0. The van der Waals surface area contributed by atoms with Gasteiger partial charge in [-0.15, -0.1) is 0 Å². The Morgan fingerprint density at radius 2 is 2.07 bits per heavy atom. The molecule has 0 bridgehead atoms. The molecule has 80 valence electrons. The summed E-state index contributed by atoms with van der Waals surface area (Å²) < 4.78 is 0. The normalized spacial score (nSPS) is 12.7. The minimum absolute atomic E-state index is 0.00836. The van der Waals surface area contributed by atoms with Crippen LogP contribution in [0.15, 0.2) is 42.5 Å². The van der Waals surface area contributed by atoms with Crippen LogP contribution in [0.1, 0.15) is 19.4 Å². The van der Waals surface area contributed by atoms with Crippen LogP contribution in [0.5, 0.6) is 0 Å². The zero-order chi connectivity index (χ0) is 11.1. The second kappa shape index (κ2) is 6.02. The zero-order valence-electron chi connectivity index (χ0n) is 9.23. The molecule has 0 saturated carbocycles. The van der Waals surface area contributed by atoms with Crippen LogP contribution >= 0.6 is 0 Å². The summed E-state index contributed by atoms with van der Waals surface area (Å²) in [7, 11) is 0. The monoisotopic (exact) mass is 203 g/mol. The lowest BCUT2D eigenvalue weighted by molar-refractivity contribution is -0.119. The molecular weight excluding hydrogens is 186 g/mol. The van der Waals surface area contributed by atoms with Gasteiger partial charge in [-0.1, -0.05) is 42.5 Å². The molecule has 15 heavy (non-hydrogen) atoms. The van der Waals surface area contributed by atoms with Crippen LogP contribution in [-0.4, -0.2) is 11.9 Å². The smallest absolute Gasteiger partial charge is 0.217 e. The molecule has 1 amide bonds. The van der Waals surface area contributed by atoms with Crippen molar-refractivity contribution in [1.29, 1.82) is 0 Å². The molecule has 0 aliphatic carbocycles. The minimum Gasteiger partial charge on any atom is -0.350 e. The topological polar surface area (TPSA) is 29.1 Å². The second-order valence-corrected chi connectivity index (χ2v) is 3.52. The van der Waals surface area contributed by atoms with Crippen molar-refractivity contribution < 1.29 is 4.79 Å². The van der Waals surface area contributed by atoms with E-state index in [9.17, 15) is 4.79 Å². The Bertz CT molecular complexity index is 330. The molecule has 0 aliphatic heterocycles. The first-order chi connectivity index (χ1) is 7.22. The molecule has 1 aromatic rings. The molecule has 0 saturated heterocycles. The molecule has 1 rings (SSSR count). The van der Waals surface area contributed by atoms with Crippen molar-refractivity contribution in [3.8, 4) is 0 Å². The summed E-state index contributed by atoms with van der Waals surface area (Å²) in [5.74, 6) is 0.00836. The van der Waals surface area contributed by atoms with E-state index in [2.05, 4.69) is 17.4 Å². The molecule has 2 heteroatoms. The highest BCUT2D eigenvalue weighted by Crippen LogP contribution is 2.04. The predicted octanol–water partition coefficient (Wildman–Crippen LogP) is 2.31. The van der Waals surface area contributed by atoms with Gasteiger partial charge in [0.1, 0.15) is 0 Å². The first kappa shape index (κ1) is 11.5. The Morgan fingerprint density at radius 3 is 2.60 bits per heavy atom. The third kappa shape index (κ3) is 4.45. The fourth-order valence-corrected chi connectivity index (χ4v) is 1.53. The highest BCUT2D eigenvalue weighted by atomic mass is 16.1. The van der Waals surface area contributed by atoms with E-state index in [0.29, 0.717) is 0 Å². The average Bonchev–Trinajstić information content (AvgIpc) is 2.18. The number of benzene rings is 1. The van der Waals surface area contributed by atoms with Gasteiger partial charge in [0.2, 0.25) is 5.91 Å². The van der Waals surface area contributed by atoms with Crippen LogP contribution in [0.25, 0.3) is 0 Å². The summed E-state index contributed by atoms with van der Waals surface area (Å²) in [5.41, 5.74) is 1.23. The van der Waals surface area contributed by atoms with Gasteiger partial charge in [0, 0.05) is 6.92 Å². The number of hydrogen-bond donors (Lipinski definition) is 1. The minimum atomic E-state index is 0.00836. The molecule has 0 spiro atoms. The molecule has 0 heterocycles. The third-order valence-corrected chi connectivity index (χ3v) is 2.11. The molecule has 2 nitrogen and oxygen atoms in total. The van der Waals surface area contributed by atoms with Gasteiger partial charge in [0.05, 0.1) is 6.04 Å². The fourth-order valence-electron chi connectivity index (χ4n) is 1.53. The Kier molecular flexibility index (Phi) is 4.61. The van der Waals surface area contributed by atoms with Crippen molar-refractivity contribution in [3.05, 3.63) is 48.0 Å². The summed E-state index contributed by atoms with van der Waals surface area (Å²) in [6, 6.07) is 10.2. The zero-order valence-corrected chi connectivity index (χ0v) is 9.23. The van der Waals surface area contributed by atoms with Gasteiger partial charge in [-0.05, 0) is 18.9 Å². The average molecular weight is 203 g/mol. The predicted molar refractivity (Wildman–Crippen MR) is 62.6 cm³/mol. The molecule has 0 aliphatic rings. The SMILES string of the molecule is CC=C[C@H](Cc1ccccc1)NC(C)=O. The number of hydrogen-bond acceptors (Lipinski definition) is 1. The Hall–Kier alpha value is -1.57. The van der Waals surface area contributed by atoms with Gasteiger partial charge in [-0.3, -0.25) is 4.79 Å². The van der Waals surface area contributed by atoms with Crippen molar-refractivity contribution in [2.75, 3.05) is 0 Å². The Balaban J connectivity index is 2.62. The van der Waals surface area contributed by atoms with E-state index in [4.69, 9.17) is 0 Å². The molecular formula is C13H17NO. The number of carbonyl (C=O) groups excluding carboxylic acids is 1. The Labute approximate surface area is 91.0 Å². The van der Waals surface area contributed by atoms with Gasteiger partial charge in [-0.25, -0.2) is 0 Å². The van der Waals surface area contributed by atoms with Crippen LogP contribution in [0, 0.1) is 0 Å². The first-order valence-corrected chi connectivity index (χ1v) is 5.16. The Morgan fingerprint density at radius 1 is 1.40 bits per heavy atom. The first-order valence-electron chi connectivity index (χ1n) is 5.16. The summed E-state index contributed by atoms with van der Waals surface area (Å²) >= 11 is 0. The molecule has 0 unspecified atom stereocenters. The van der Waals surface area contributed by atoms with Crippen molar-refractivity contribution in [2.45, 2.75) is 26.3 Å². The maximum Gasteiger partial charge on any atom is 0.217 e. The molecule has 0 radical (unpaired) electrons. The number of amides is 1. The van der Waals surface area contributed by atoms with Gasteiger partial charge < -0.3 is 5.32 Å². The van der Waals surface area contributed by atoms with Crippen LogP contribution < -0.4 is 5.32 Å². The molecule has 1 N–H and O–H groups in total. The van der Waals surface area contributed by atoms with Gasteiger partial charge in [0.25, 0.3) is 0 Å². The third-order valence-electron chi connectivity index (χ3n) is 2.11. The second-order valence-electron chi connectivity index (χ2n) is 3.52. The van der Waals surface area contributed by atoms with Crippen LogP contribution in [0.3, 0.4) is 0 Å². The quantitative estimate of drug-likeness (QED) is 0.747. The maximum atomic E-state index is 11.0. The number of nitrogens with one attached hydrogen (secondary N) is 1. The van der Waals surface area contributed by atoms with Crippen LogP contribution in [0.4, 0.5) is 0 Å². The number of allylic oxidation sites excluding steroid dienone is 1. The highest BCUT2D eigenvalue weighted by Gasteiger charge is 2.06. The standard InChI is InChI=1S/C13H17NO/c1-3-7-13(14-11(2)15)10-12-8-5-4-6-9-12/h3-9,13H,10H2,1-2H3,(H,14,15)/t13-/m1/s1. The van der Waals surface area contributed by atoms with E-state index in [0.717, 1.165) is 6.42 Å². The lowest BCUT2D eigenvalue weighted by Gasteiger charge is -2.13. The molecule has 1 atom stereocenters. The summed E-state index contributed by atoms with van der Waals surface area (Å²) in [6.45, 7) is 3.50. The van der Waals surface area contributed by atoms with E-state index < -0.39 is 0 Å². The molecule has 1 aromatic carbocycles. The van der Waals surface area contributed by atoms with Crippen LogP contribution in [-0.2, 0) is 11.2 Å². The lowest BCUT2D eigenvalue weighted by Crippen LogP contribution is -2.33. The molecule has 0 aromatic heterocycles. The van der Waals surface area contributed by atoms with Crippen molar-refractivity contribution in [1.82, 2.24) is 5.32 Å². The van der Waals surface area contributed by atoms with E-state index >= 15 is 0 Å². The van der Waals surface area contributed by atoms with Gasteiger partial charge in [-0.2, -0.15) is 0 Å². The highest BCUT2D eigenvalue weighted by molar-refractivity contribution is 5.73. The summed E-state index contributed by atoms with van der Waals surface area (Å²) in [5, 5.41) is 2.90. The number of carbonyl (C=O) groups is 1. The van der Waals surface area contributed by atoms with Crippen molar-refractivity contribution >= 4 is 5.91 Å². The van der Waals surface area contributed by atoms with E-state index in [1.165, 1.54) is 5.56 Å². The van der Waals surface area contributed by atoms with Gasteiger partial charge in [0.15, 0.2) is 0 Å². The van der Waals surface area contributed by atoms with Crippen molar-refractivity contribution in [2.24, 2.45) is 0 Å². The largest absolute Gasteiger partial charge is 0.350 e. The molecule has 0 fully saturated rings. The fraction of sp³-hybridized carbons (Fsp3) is 0.308. The number of rotatable bonds is 4. The van der Waals surface area contributed by atoms with Gasteiger partial charge >= 0.3 is 0 Å². The van der Waals surface area contributed by atoms with E-state index in [1.807, 2.05) is 37.3 Å². The van der Waals surface area contributed by atoms with E-state index in [1.54, 1.807) is 6.92 Å².